The topological polar surface area (TPSA) is 50.4 Å². The van der Waals surface area contributed by atoms with E-state index >= 15 is 0 Å². The molecule has 1 aromatic carbocycles. The first-order chi connectivity index (χ1) is 10.6. The van der Waals surface area contributed by atoms with Crippen LogP contribution in [0.25, 0.3) is 0 Å². The zero-order valence-electron chi connectivity index (χ0n) is 15.0. The van der Waals surface area contributed by atoms with Crippen molar-refractivity contribution in [1.29, 1.82) is 0 Å². The summed E-state index contributed by atoms with van der Waals surface area (Å²) in [6, 6.07) is 6.51. The number of ether oxygens (including phenoxy) is 1. The van der Waals surface area contributed by atoms with Gasteiger partial charge in [-0.2, -0.15) is 0 Å². The van der Waals surface area contributed by atoms with Gasteiger partial charge < -0.3 is 15.4 Å². The van der Waals surface area contributed by atoms with Gasteiger partial charge >= 0.3 is 6.09 Å². The van der Waals surface area contributed by atoms with E-state index in [2.05, 4.69) is 65.5 Å². The Labute approximate surface area is 148 Å². The van der Waals surface area contributed by atoms with Gasteiger partial charge in [0.15, 0.2) is 0 Å². The number of hydrogen-bond donors (Lipinski definition) is 2. The average molecular weight is 385 g/mol. The maximum Gasteiger partial charge on any atom is 0.407 e. The first-order valence-electron chi connectivity index (χ1n) is 8.04. The van der Waals surface area contributed by atoms with E-state index in [-0.39, 0.29) is 12.1 Å². The lowest BCUT2D eigenvalue weighted by Crippen LogP contribution is -2.45. The fraction of sp³-hybridized carbons (Fsp3) is 0.611. The molecular weight excluding hydrogens is 356 g/mol. The monoisotopic (exact) mass is 384 g/mol. The van der Waals surface area contributed by atoms with Crippen LogP contribution < -0.4 is 10.6 Å². The summed E-state index contributed by atoms with van der Waals surface area (Å²) >= 11 is 3.60. The van der Waals surface area contributed by atoms with Crippen LogP contribution in [0.4, 0.5) is 4.79 Å². The third-order valence-corrected chi connectivity index (χ3v) is 4.17. The number of alkyl carbamates (subject to hydrolysis) is 1. The molecule has 0 bridgehead atoms. The van der Waals surface area contributed by atoms with Crippen LogP contribution in [0, 0.1) is 12.8 Å². The van der Waals surface area contributed by atoms with Gasteiger partial charge in [-0.3, -0.25) is 0 Å². The maximum atomic E-state index is 11.8. The highest BCUT2D eigenvalue weighted by Crippen LogP contribution is 2.18. The largest absolute Gasteiger partial charge is 0.444 e. The van der Waals surface area contributed by atoms with E-state index in [1.54, 1.807) is 0 Å². The molecule has 0 aliphatic carbocycles. The van der Waals surface area contributed by atoms with Crippen molar-refractivity contribution in [2.45, 2.75) is 59.7 Å². The standard InChI is InChI=1S/C18H29BrN2O2/c1-12(2)16(11-21-17(22)23-18(4,5)6)20-10-14-8-7-13(3)9-15(14)19/h7-9,12,16,20H,10-11H2,1-6H3,(H,21,22). The number of aryl methyl sites for hydroxylation is 1. The fourth-order valence-corrected chi connectivity index (χ4v) is 2.72. The summed E-state index contributed by atoms with van der Waals surface area (Å²) in [5.74, 6) is 0.397. The molecular formula is C18H29BrN2O2. The SMILES string of the molecule is Cc1ccc(CNC(CNC(=O)OC(C)(C)C)C(C)C)c(Br)c1. The normalized spacial score (nSPS) is 13.0. The van der Waals surface area contributed by atoms with Gasteiger partial charge in [0.1, 0.15) is 5.60 Å². The smallest absolute Gasteiger partial charge is 0.407 e. The molecule has 0 aliphatic rings. The molecule has 0 fully saturated rings. The molecule has 5 heteroatoms. The Morgan fingerprint density at radius 3 is 2.48 bits per heavy atom. The number of rotatable bonds is 6. The van der Waals surface area contributed by atoms with Gasteiger partial charge in [-0.15, -0.1) is 0 Å². The second kappa shape index (κ2) is 8.69. The molecule has 1 amide bonds. The van der Waals surface area contributed by atoms with Gasteiger partial charge in [-0.05, 0) is 50.8 Å². The maximum absolute atomic E-state index is 11.8. The number of hydrogen-bond acceptors (Lipinski definition) is 3. The predicted octanol–water partition coefficient (Wildman–Crippen LogP) is 4.40. The summed E-state index contributed by atoms with van der Waals surface area (Å²) in [6.45, 7) is 13.2. The molecule has 1 atom stereocenters. The molecule has 1 aromatic rings. The van der Waals surface area contributed by atoms with Crippen molar-refractivity contribution in [3.63, 3.8) is 0 Å². The summed E-state index contributed by atoms with van der Waals surface area (Å²) in [7, 11) is 0. The first-order valence-corrected chi connectivity index (χ1v) is 8.83. The molecule has 1 unspecified atom stereocenters. The molecule has 0 heterocycles. The average Bonchev–Trinajstić information content (AvgIpc) is 2.38. The molecule has 130 valence electrons. The summed E-state index contributed by atoms with van der Waals surface area (Å²) in [5, 5.41) is 6.36. The minimum atomic E-state index is -0.475. The Bertz CT molecular complexity index is 524. The number of carbonyl (C=O) groups is 1. The summed E-state index contributed by atoms with van der Waals surface area (Å²) in [4.78, 5) is 11.8. The van der Waals surface area contributed by atoms with Crippen molar-refractivity contribution < 1.29 is 9.53 Å². The van der Waals surface area contributed by atoms with Crippen LogP contribution in [0.2, 0.25) is 0 Å². The van der Waals surface area contributed by atoms with Crippen LogP contribution in [-0.4, -0.2) is 24.3 Å². The van der Waals surface area contributed by atoms with Crippen molar-refractivity contribution in [3.05, 3.63) is 33.8 Å². The van der Waals surface area contributed by atoms with Crippen LogP contribution in [0.5, 0.6) is 0 Å². The molecule has 0 aliphatic heterocycles. The predicted molar refractivity (Wildman–Crippen MR) is 98.6 cm³/mol. The summed E-state index contributed by atoms with van der Waals surface area (Å²) < 4.78 is 6.38. The van der Waals surface area contributed by atoms with Crippen LogP contribution in [0.15, 0.2) is 22.7 Å². The van der Waals surface area contributed by atoms with Gasteiger partial charge in [0, 0.05) is 23.6 Å². The number of carbonyl (C=O) groups excluding carboxylic acids is 1. The molecule has 1 rings (SSSR count). The second-order valence-corrected chi connectivity index (χ2v) is 8.06. The van der Waals surface area contributed by atoms with Gasteiger partial charge in [0.05, 0.1) is 0 Å². The lowest BCUT2D eigenvalue weighted by atomic mass is 10.0. The highest BCUT2D eigenvalue weighted by atomic mass is 79.9. The van der Waals surface area contributed by atoms with E-state index in [4.69, 9.17) is 4.74 Å². The van der Waals surface area contributed by atoms with Gasteiger partial charge in [0.25, 0.3) is 0 Å². The zero-order valence-corrected chi connectivity index (χ0v) is 16.6. The van der Waals surface area contributed by atoms with Crippen molar-refractivity contribution in [3.8, 4) is 0 Å². The van der Waals surface area contributed by atoms with Crippen molar-refractivity contribution >= 4 is 22.0 Å². The highest BCUT2D eigenvalue weighted by molar-refractivity contribution is 9.10. The Balaban J connectivity index is 2.54. The van der Waals surface area contributed by atoms with Crippen LogP contribution in [0.3, 0.4) is 0 Å². The number of nitrogens with one attached hydrogen (secondary N) is 2. The molecule has 0 saturated heterocycles. The summed E-state index contributed by atoms with van der Waals surface area (Å²) in [5.41, 5.74) is 1.96. The number of halogens is 1. The second-order valence-electron chi connectivity index (χ2n) is 7.21. The zero-order chi connectivity index (χ0) is 17.6. The molecule has 23 heavy (non-hydrogen) atoms. The third kappa shape index (κ3) is 7.84. The fourth-order valence-electron chi connectivity index (χ4n) is 2.09. The van der Waals surface area contributed by atoms with E-state index < -0.39 is 5.60 Å². The molecule has 0 aromatic heterocycles. The lowest BCUT2D eigenvalue weighted by molar-refractivity contribution is 0.0519. The van der Waals surface area contributed by atoms with Crippen molar-refractivity contribution in [2.24, 2.45) is 5.92 Å². The van der Waals surface area contributed by atoms with Crippen LogP contribution in [-0.2, 0) is 11.3 Å². The van der Waals surface area contributed by atoms with E-state index in [9.17, 15) is 4.79 Å². The first kappa shape index (κ1) is 20.0. The van der Waals surface area contributed by atoms with Crippen molar-refractivity contribution in [2.75, 3.05) is 6.54 Å². The van der Waals surface area contributed by atoms with E-state index in [1.165, 1.54) is 11.1 Å². The van der Waals surface area contributed by atoms with Crippen LogP contribution in [0.1, 0.15) is 45.7 Å². The highest BCUT2D eigenvalue weighted by Gasteiger charge is 2.19. The van der Waals surface area contributed by atoms with E-state index in [1.807, 2.05) is 20.8 Å². The minimum absolute atomic E-state index is 0.177. The third-order valence-electron chi connectivity index (χ3n) is 3.43. The van der Waals surface area contributed by atoms with Gasteiger partial charge in [0.2, 0.25) is 0 Å². The van der Waals surface area contributed by atoms with Crippen molar-refractivity contribution in [1.82, 2.24) is 10.6 Å². The van der Waals surface area contributed by atoms with Gasteiger partial charge in [-0.25, -0.2) is 4.79 Å². The molecule has 0 radical (unpaired) electrons. The van der Waals surface area contributed by atoms with Gasteiger partial charge in [-0.1, -0.05) is 41.9 Å². The number of amides is 1. The molecule has 4 nitrogen and oxygen atoms in total. The minimum Gasteiger partial charge on any atom is -0.444 e. The van der Waals surface area contributed by atoms with E-state index in [0.717, 1.165) is 11.0 Å². The Hall–Kier alpha value is -1.07. The molecule has 0 saturated carbocycles. The quantitative estimate of drug-likeness (QED) is 0.763. The Kier molecular flexibility index (Phi) is 7.55. The van der Waals surface area contributed by atoms with E-state index in [0.29, 0.717) is 12.5 Å². The molecule has 2 N–H and O–H groups in total. The molecule has 0 spiro atoms. The Morgan fingerprint density at radius 2 is 1.96 bits per heavy atom. The lowest BCUT2D eigenvalue weighted by Gasteiger charge is -2.25. The number of benzene rings is 1. The van der Waals surface area contributed by atoms with Crippen LogP contribution >= 0.6 is 15.9 Å². The summed E-state index contributed by atoms with van der Waals surface area (Å²) in [6.07, 6.45) is -0.374. The Morgan fingerprint density at radius 1 is 1.30 bits per heavy atom.